The summed E-state index contributed by atoms with van der Waals surface area (Å²) in [6.07, 6.45) is 7.37. The number of halogens is 3. The highest BCUT2D eigenvalue weighted by Crippen LogP contribution is 2.43. The summed E-state index contributed by atoms with van der Waals surface area (Å²) in [5.74, 6) is -3.12. The maximum absolute atomic E-state index is 15.1. The van der Waals surface area contributed by atoms with Gasteiger partial charge in [-0.2, -0.15) is 0 Å². The number of ketones is 1. The van der Waals surface area contributed by atoms with Crippen LogP contribution in [0.2, 0.25) is 0 Å². The number of Topliss-reactive ketones (excluding diaryl/α,β-unsaturated/α-hetero) is 1. The van der Waals surface area contributed by atoms with Crippen molar-refractivity contribution in [1.82, 2.24) is 9.97 Å². The SMILES string of the molecule is C[C@@H]1C[C@H](N)C[C@H](c2ccncc2CC(=O)c2nc(-c3c(F)cc(C4(O)CCC4)cc3F)c(F)cc2N)C1. The quantitative estimate of drug-likeness (QED) is 0.383. The second-order valence-electron chi connectivity index (χ2n) is 10.9. The smallest absolute Gasteiger partial charge is 0.187 e. The number of nitrogens with zero attached hydrogens (tertiary/aromatic N) is 2. The molecule has 3 aromatic rings. The van der Waals surface area contributed by atoms with Gasteiger partial charge in [0, 0.05) is 30.9 Å². The molecule has 0 saturated heterocycles. The third-order valence-electron chi connectivity index (χ3n) is 7.98. The Morgan fingerprint density at radius 1 is 1.11 bits per heavy atom. The van der Waals surface area contributed by atoms with Gasteiger partial charge in [0.1, 0.15) is 23.0 Å². The molecule has 200 valence electrons. The molecule has 0 unspecified atom stereocenters. The number of anilines is 1. The summed E-state index contributed by atoms with van der Waals surface area (Å²) < 4.78 is 45.1. The molecule has 5 rings (SSSR count). The average Bonchev–Trinajstić information content (AvgIpc) is 2.83. The lowest BCUT2D eigenvalue weighted by atomic mass is 9.75. The van der Waals surface area contributed by atoms with Gasteiger partial charge in [-0.1, -0.05) is 6.92 Å². The zero-order chi connectivity index (χ0) is 27.2. The van der Waals surface area contributed by atoms with Crippen molar-refractivity contribution in [1.29, 1.82) is 0 Å². The van der Waals surface area contributed by atoms with Gasteiger partial charge in [-0.05, 0) is 85.3 Å². The normalized spacial score (nSPS) is 22.6. The van der Waals surface area contributed by atoms with E-state index in [0.29, 0.717) is 24.3 Å². The molecule has 3 atom stereocenters. The predicted octanol–water partition coefficient (Wildman–Crippen LogP) is 5.17. The Labute approximate surface area is 219 Å². The highest BCUT2D eigenvalue weighted by Gasteiger charge is 2.38. The van der Waals surface area contributed by atoms with Gasteiger partial charge in [0.25, 0.3) is 0 Å². The van der Waals surface area contributed by atoms with Crippen LogP contribution in [-0.4, -0.2) is 26.9 Å². The van der Waals surface area contributed by atoms with Gasteiger partial charge in [0.2, 0.25) is 0 Å². The number of carbonyl (C=O) groups excluding carboxylic acids is 1. The zero-order valence-electron chi connectivity index (χ0n) is 21.2. The Balaban J connectivity index is 1.47. The number of hydrogen-bond acceptors (Lipinski definition) is 6. The van der Waals surface area contributed by atoms with Crippen molar-refractivity contribution in [2.45, 2.75) is 69.4 Å². The molecule has 0 spiro atoms. The first kappa shape index (κ1) is 26.3. The van der Waals surface area contributed by atoms with Crippen LogP contribution in [0.1, 0.15) is 78.5 Å². The van der Waals surface area contributed by atoms with Gasteiger partial charge in [-0.25, -0.2) is 18.2 Å². The van der Waals surface area contributed by atoms with Crippen molar-refractivity contribution in [3.63, 3.8) is 0 Å². The highest BCUT2D eigenvalue weighted by molar-refractivity contribution is 6.00. The molecule has 2 aliphatic carbocycles. The number of rotatable bonds is 6. The Hall–Kier alpha value is -3.30. The van der Waals surface area contributed by atoms with E-state index in [1.54, 1.807) is 12.4 Å². The monoisotopic (exact) mass is 524 g/mol. The Morgan fingerprint density at radius 2 is 1.82 bits per heavy atom. The van der Waals surface area contributed by atoms with Crippen LogP contribution in [0.4, 0.5) is 18.9 Å². The Bertz CT molecular complexity index is 1360. The summed E-state index contributed by atoms with van der Waals surface area (Å²) in [5, 5.41) is 10.5. The summed E-state index contributed by atoms with van der Waals surface area (Å²) in [4.78, 5) is 21.6. The number of benzene rings is 1. The lowest BCUT2D eigenvalue weighted by Crippen LogP contribution is -2.33. The molecule has 6 nitrogen and oxygen atoms in total. The van der Waals surface area contributed by atoms with Crippen LogP contribution in [0, 0.1) is 23.4 Å². The number of pyridine rings is 2. The lowest BCUT2D eigenvalue weighted by Gasteiger charge is -2.37. The van der Waals surface area contributed by atoms with Crippen LogP contribution < -0.4 is 11.5 Å². The lowest BCUT2D eigenvalue weighted by molar-refractivity contribution is -0.0392. The minimum Gasteiger partial charge on any atom is -0.397 e. The molecule has 0 radical (unpaired) electrons. The third kappa shape index (κ3) is 4.92. The maximum Gasteiger partial charge on any atom is 0.187 e. The predicted molar refractivity (Wildman–Crippen MR) is 138 cm³/mol. The molecular weight excluding hydrogens is 493 g/mol. The average molecular weight is 525 g/mol. The number of carbonyl (C=O) groups is 1. The molecule has 0 aliphatic heterocycles. The highest BCUT2D eigenvalue weighted by atomic mass is 19.1. The van der Waals surface area contributed by atoms with Gasteiger partial charge in [-0.3, -0.25) is 9.78 Å². The van der Waals surface area contributed by atoms with E-state index in [1.165, 1.54) is 0 Å². The molecule has 2 saturated carbocycles. The van der Waals surface area contributed by atoms with Crippen LogP contribution in [-0.2, 0) is 12.0 Å². The number of nitrogen functional groups attached to an aromatic ring is 1. The van der Waals surface area contributed by atoms with Crippen molar-refractivity contribution in [2.24, 2.45) is 11.7 Å². The first-order valence-electron chi connectivity index (χ1n) is 13.0. The van der Waals surface area contributed by atoms with E-state index >= 15 is 8.78 Å². The van der Waals surface area contributed by atoms with E-state index in [1.807, 2.05) is 6.07 Å². The van der Waals surface area contributed by atoms with E-state index in [2.05, 4.69) is 16.9 Å². The maximum atomic E-state index is 15.1. The zero-order valence-corrected chi connectivity index (χ0v) is 21.2. The second-order valence-corrected chi connectivity index (χ2v) is 10.9. The molecule has 2 fully saturated rings. The van der Waals surface area contributed by atoms with Gasteiger partial charge < -0.3 is 16.6 Å². The van der Waals surface area contributed by atoms with E-state index in [-0.39, 0.29) is 35.3 Å². The summed E-state index contributed by atoms with van der Waals surface area (Å²) in [5.41, 5.74) is 10.8. The largest absolute Gasteiger partial charge is 0.397 e. The first-order chi connectivity index (χ1) is 18.1. The van der Waals surface area contributed by atoms with Gasteiger partial charge >= 0.3 is 0 Å². The van der Waals surface area contributed by atoms with Gasteiger partial charge in [0.05, 0.1) is 16.9 Å². The van der Waals surface area contributed by atoms with Crippen LogP contribution >= 0.6 is 0 Å². The molecule has 9 heteroatoms. The van der Waals surface area contributed by atoms with Crippen molar-refractivity contribution in [3.05, 3.63) is 76.5 Å². The van der Waals surface area contributed by atoms with Crippen molar-refractivity contribution >= 4 is 11.5 Å². The molecule has 0 bridgehead atoms. The van der Waals surface area contributed by atoms with Crippen LogP contribution in [0.5, 0.6) is 0 Å². The summed E-state index contributed by atoms with van der Waals surface area (Å²) in [7, 11) is 0. The van der Waals surface area contributed by atoms with E-state index in [4.69, 9.17) is 11.5 Å². The fourth-order valence-corrected chi connectivity index (χ4v) is 5.92. The fourth-order valence-electron chi connectivity index (χ4n) is 5.92. The molecule has 5 N–H and O–H groups in total. The first-order valence-corrected chi connectivity index (χ1v) is 13.0. The molecule has 2 aliphatic rings. The Kier molecular flexibility index (Phi) is 7.00. The molecule has 1 aromatic carbocycles. The van der Waals surface area contributed by atoms with E-state index in [9.17, 15) is 14.3 Å². The van der Waals surface area contributed by atoms with Crippen LogP contribution in [0.25, 0.3) is 11.3 Å². The molecule has 38 heavy (non-hydrogen) atoms. The van der Waals surface area contributed by atoms with Crippen molar-refractivity contribution < 1.29 is 23.1 Å². The molecule has 2 heterocycles. The minimum atomic E-state index is -1.30. The topological polar surface area (TPSA) is 115 Å². The van der Waals surface area contributed by atoms with E-state index < -0.39 is 40.1 Å². The fraction of sp³-hybridized carbons (Fsp3) is 0.414. The van der Waals surface area contributed by atoms with Gasteiger partial charge in [0.15, 0.2) is 11.6 Å². The second kappa shape index (κ2) is 10.1. The van der Waals surface area contributed by atoms with Crippen molar-refractivity contribution in [3.8, 4) is 11.3 Å². The van der Waals surface area contributed by atoms with Crippen LogP contribution in [0.15, 0.2) is 36.7 Å². The standard InChI is InChI=1S/C29H31F3N4O2/c1-15-7-16(9-19(33)8-15)20-3-6-35-14-17(20)10-25(37)28-24(34)13-23(32)27(36-28)26-21(30)11-18(12-22(26)31)29(38)4-2-5-29/h3,6,11-16,19,38H,2,4-5,7-10,33-34H2,1H3/t15-,16+,19-/m0/s1. The Morgan fingerprint density at radius 3 is 2.45 bits per heavy atom. The van der Waals surface area contributed by atoms with Crippen LogP contribution in [0.3, 0.4) is 0 Å². The van der Waals surface area contributed by atoms with Crippen molar-refractivity contribution in [2.75, 3.05) is 5.73 Å². The number of hydrogen-bond donors (Lipinski definition) is 3. The number of aliphatic hydroxyl groups is 1. The third-order valence-corrected chi connectivity index (χ3v) is 7.98. The minimum absolute atomic E-state index is 0.0682. The summed E-state index contributed by atoms with van der Waals surface area (Å²) in [6, 6.07) is 4.79. The summed E-state index contributed by atoms with van der Waals surface area (Å²) >= 11 is 0. The molecule has 0 amide bonds. The number of aromatic nitrogens is 2. The molecule has 2 aromatic heterocycles. The summed E-state index contributed by atoms with van der Waals surface area (Å²) in [6.45, 7) is 2.15. The van der Waals surface area contributed by atoms with Gasteiger partial charge in [-0.15, -0.1) is 0 Å². The molecular formula is C29H31F3N4O2. The number of nitrogens with two attached hydrogens (primary N) is 2. The van der Waals surface area contributed by atoms with E-state index in [0.717, 1.165) is 49.4 Å².